The van der Waals surface area contributed by atoms with E-state index in [1.54, 1.807) is 0 Å². The third-order valence-corrected chi connectivity index (χ3v) is 7.02. The van der Waals surface area contributed by atoms with Gasteiger partial charge in [-0.3, -0.25) is 14.5 Å². The van der Waals surface area contributed by atoms with Crippen molar-refractivity contribution in [3.8, 4) is 0 Å². The molecular formula is C24H34N4O3. The van der Waals surface area contributed by atoms with Crippen molar-refractivity contribution in [3.05, 3.63) is 35.9 Å². The molecule has 0 aliphatic carbocycles. The fraction of sp³-hybridized carbons (Fsp3) is 0.625. The zero-order chi connectivity index (χ0) is 21.6. The van der Waals surface area contributed by atoms with Gasteiger partial charge in [-0.15, -0.1) is 0 Å². The lowest BCUT2D eigenvalue weighted by molar-refractivity contribution is -0.127. The lowest BCUT2D eigenvalue weighted by Crippen LogP contribution is -2.51. The minimum absolute atomic E-state index is 0.0299. The van der Waals surface area contributed by atoms with Gasteiger partial charge in [0, 0.05) is 25.6 Å². The molecule has 1 aromatic rings. The highest BCUT2D eigenvalue weighted by molar-refractivity contribution is 6.04. The molecule has 0 spiro atoms. The summed E-state index contributed by atoms with van der Waals surface area (Å²) in [5.74, 6) is 0.274. The molecule has 0 bridgehead atoms. The molecule has 31 heavy (non-hydrogen) atoms. The SMILES string of the molecule is O=C(CC[C@@H]1NC(=O)N(CCc2ccccc2)C1=O)NC[C@@H]1CCCN2CCCC[C@H]12. The van der Waals surface area contributed by atoms with E-state index < -0.39 is 6.04 Å². The molecule has 3 aliphatic heterocycles. The van der Waals surface area contributed by atoms with E-state index in [9.17, 15) is 14.4 Å². The summed E-state index contributed by atoms with van der Waals surface area (Å²) in [4.78, 5) is 41.1. The van der Waals surface area contributed by atoms with E-state index in [-0.39, 0.29) is 24.3 Å². The van der Waals surface area contributed by atoms with Gasteiger partial charge in [0.2, 0.25) is 5.91 Å². The fourth-order valence-corrected chi connectivity index (χ4v) is 5.29. The third kappa shape index (κ3) is 5.45. The van der Waals surface area contributed by atoms with Gasteiger partial charge in [0.25, 0.3) is 5.91 Å². The molecule has 7 heteroatoms. The second-order valence-corrected chi connectivity index (χ2v) is 9.07. The molecule has 1 aromatic carbocycles. The van der Waals surface area contributed by atoms with Crippen molar-refractivity contribution in [3.63, 3.8) is 0 Å². The second-order valence-electron chi connectivity index (χ2n) is 9.07. The summed E-state index contributed by atoms with van der Waals surface area (Å²) in [6.45, 7) is 3.46. The number of fused-ring (bicyclic) bond motifs is 1. The smallest absolute Gasteiger partial charge is 0.324 e. The molecule has 3 fully saturated rings. The van der Waals surface area contributed by atoms with E-state index in [1.807, 2.05) is 30.3 Å². The first kappa shape index (κ1) is 21.8. The number of imide groups is 1. The number of benzene rings is 1. The van der Waals surface area contributed by atoms with Crippen LogP contribution in [0.1, 0.15) is 50.5 Å². The van der Waals surface area contributed by atoms with Gasteiger partial charge >= 0.3 is 6.03 Å². The van der Waals surface area contributed by atoms with Crippen LogP contribution in [-0.4, -0.2) is 65.9 Å². The maximum absolute atomic E-state index is 12.6. The molecule has 3 atom stereocenters. The Morgan fingerprint density at radius 2 is 1.87 bits per heavy atom. The van der Waals surface area contributed by atoms with Crippen molar-refractivity contribution < 1.29 is 14.4 Å². The summed E-state index contributed by atoms with van der Waals surface area (Å²) in [5.41, 5.74) is 1.09. The van der Waals surface area contributed by atoms with Crippen LogP contribution in [0.5, 0.6) is 0 Å². The second kappa shape index (κ2) is 10.3. The number of nitrogens with zero attached hydrogens (tertiary/aromatic N) is 2. The molecular weight excluding hydrogens is 392 g/mol. The molecule has 0 aromatic heterocycles. The van der Waals surface area contributed by atoms with Gasteiger partial charge in [0.05, 0.1) is 0 Å². The Balaban J connectivity index is 1.19. The first-order valence-corrected chi connectivity index (χ1v) is 11.8. The number of urea groups is 1. The number of carbonyl (C=O) groups excluding carboxylic acids is 3. The Labute approximate surface area is 184 Å². The van der Waals surface area contributed by atoms with Crippen LogP contribution in [-0.2, 0) is 16.0 Å². The minimum Gasteiger partial charge on any atom is -0.356 e. The molecule has 0 unspecified atom stereocenters. The standard InChI is InChI=1S/C24H34N4O3/c29-22(25-17-19-9-6-15-27-14-5-4-10-21(19)27)12-11-20-23(30)28(24(31)26-20)16-13-18-7-2-1-3-8-18/h1-3,7-8,19-21H,4-6,9-17H2,(H,25,29)(H,26,31)/t19-,20-,21+/m0/s1. The number of hydrogen-bond acceptors (Lipinski definition) is 4. The van der Waals surface area contributed by atoms with Crippen molar-refractivity contribution in [2.45, 2.75) is 63.5 Å². The van der Waals surface area contributed by atoms with E-state index in [0.29, 0.717) is 37.9 Å². The first-order valence-electron chi connectivity index (χ1n) is 11.8. The molecule has 4 rings (SSSR count). The Bertz CT molecular complexity index is 782. The van der Waals surface area contributed by atoms with Crippen LogP contribution in [0, 0.1) is 5.92 Å². The normalized spacial score (nSPS) is 26.5. The van der Waals surface area contributed by atoms with Crippen molar-refractivity contribution in [2.24, 2.45) is 5.92 Å². The lowest BCUT2D eigenvalue weighted by Gasteiger charge is -2.44. The summed E-state index contributed by atoms with van der Waals surface area (Å²) in [5, 5.41) is 5.83. The Morgan fingerprint density at radius 1 is 1.06 bits per heavy atom. The van der Waals surface area contributed by atoms with E-state index in [4.69, 9.17) is 0 Å². The predicted octanol–water partition coefficient (Wildman–Crippen LogP) is 2.31. The van der Waals surface area contributed by atoms with Gasteiger partial charge in [-0.05, 0) is 63.1 Å². The third-order valence-electron chi connectivity index (χ3n) is 7.02. The van der Waals surface area contributed by atoms with Gasteiger partial charge < -0.3 is 15.5 Å². The number of piperidine rings is 2. The Kier molecular flexibility index (Phi) is 7.22. The maximum Gasteiger partial charge on any atom is 0.324 e. The average Bonchev–Trinajstić information content (AvgIpc) is 3.07. The molecule has 2 N–H and O–H groups in total. The summed E-state index contributed by atoms with van der Waals surface area (Å²) in [7, 11) is 0. The number of carbonyl (C=O) groups is 3. The number of hydrogen-bond donors (Lipinski definition) is 2. The van der Waals surface area contributed by atoms with Gasteiger partial charge in [0.1, 0.15) is 6.04 Å². The Hall–Kier alpha value is -2.41. The van der Waals surface area contributed by atoms with E-state index in [1.165, 1.54) is 50.1 Å². The number of amides is 4. The minimum atomic E-state index is -0.600. The summed E-state index contributed by atoms with van der Waals surface area (Å²) in [6.07, 6.45) is 7.43. The fourth-order valence-electron chi connectivity index (χ4n) is 5.29. The zero-order valence-electron chi connectivity index (χ0n) is 18.2. The van der Waals surface area contributed by atoms with Gasteiger partial charge in [0.15, 0.2) is 0 Å². The molecule has 0 radical (unpaired) electrons. The predicted molar refractivity (Wildman–Crippen MR) is 118 cm³/mol. The highest BCUT2D eigenvalue weighted by Gasteiger charge is 2.37. The summed E-state index contributed by atoms with van der Waals surface area (Å²) >= 11 is 0. The van der Waals surface area contributed by atoms with Crippen LogP contribution in [0.15, 0.2) is 30.3 Å². The molecule has 3 aliphatic rings. The van der Waals surface area contributed by atoms with Crippen LogP contribution in [0.3, 0.4) is 0 Å². The molecule has 3 saturated heterocycles. The van der Waals surface area contributed by atoms with Crippen molar-refractivity contribution in [1.82, 2.24) is 20.4 Å². The summed E-state index contributed by atoms with van der Waals surface area (Å²) < 4.78 is 0. The number of nitrogens with one attached hydrogen (secondary N) is 2. The van der Waals surface area contributed by atoms with Crippen LogP contribution in [0.2, 0.25) is 0 Å². The highest BCUT2D eigenvalue weighted by Crippen LogP contribution is 2.30. The molecule has 4 amide bonds. The quantitative estimate of drug-likeness (QED) is 0.625. The van der Waals surface area contributed by atoms with Crippen molar-refractivity contribution in [2.75, 3.05) is 26.2 Å². The van der Waals surface area contributed by atoms with Gasteiger partial charge in [-0.2, -0.15) is 0 Å². The first-order chi connectivity index (χ1) is 15.1. The summed E-state index contributed by atoms with van der Waals surface area (Å²) in [6, 6.07) is 9.46. The molecule has 0 saturated carbocycles. The van der Waals surface area contributed by atoms with Crippen molar-refractivity contribution >= 4 is 17.8 Å². The van der Waals surface area contributed by atoms with Gasteiger partial charge in [-0.25, -0.2) is 4.79 Å². The zero-order valence-corrected chi connectivity index (χ0v) is 18.2. The van der Waals surface area contributed by atoms with Crippen LogP contribution in [0.4, 0.5) is 4.79 Å². The van der Waals surface area contributed by atoms with E-state index >= 15 is 0 Å². The van der Waals surface area contributed by atoms with E-state index in [0.717, 1.165) is 5.56 Å². The van der Waals surface area contributed by atoms with Crippen LogP contribution < -0.4 is 10.6 Å². The van der Waals surface area contributed by atoms with Gasteiger partial charge in [-0.1, -0.05) is 36.8 Å². The Morgan fingerprint density at radius 3 is 2.71 bits per heavy atom. The van der Waals surface area contributed by atoms with Crippen molar-refractivity contribution in [1.29, 1.82) is 0 Å². The molecule has 168 valence electrons. The van der Waals surface area contributed by atoms with E-state index in [2.05, 4.69) is 15.5 Å². The lowest BCUT2D eigenvalue weighted by atomic mass is 9.83. The maximum atomic E-state index is 12.6. The number of rotatable bonds is 8. The highest BCUT2D eigenvalue weighted by atomic mass is 16.2. The average molecular weight is 427 g/mol. The largest absolute Gasteiger partial charge is 0.356 e. The molecule has 7 nitrogen and oxygen atoms in total. The van der Waals surface area contributed by atoms with Crippen LogP contribution >= 0.6 is 0 Å². The monoisotopic (exact) mass is 426 g/mol. The topological polar surface area (TPSA) is 81.8 Å². The molecule has 3 heterocycles. The van der Waals surface area contributed by atoms with Crippen LogP contribution in [0.25, 0.3) is 0 Å².